The van der Waals surface area contributed by atoms with Gasteiger partial charge in [-0.2, -0.15) is 0 Å². The van der Waals surface area contributed by atoms with Gasteiger partial charge in [-0.25, -0.2) is 15.0 Å². The minimum absolute atomic E-state index is 0.352. The number of rotatable bonds is 6. The van der Waals surface area contributed by atoms with Crippen LogP contribution in [0.3, 0.4) is 0 Å². The highest BCUT2D eigenvalue weighted by Crippen LogP contribution is 2.52. The lowest BCUT2D eigenvalue weighted by Gasteiger charge is -2.33. The van der Waals surface area contributed by atoms with E-state index in [-0.39, 0.29) is 0 Å². The molecule has 7 aromatic rings. The van der Waals surface area contributed by atoms with Crippen molar-refractivity contribution >= 4 is 11.1 Å². The zero-order valence-electron chi connectivity index (χ0n) is 29.1. The Labute approximate surface area is 310 Å². The van der Waals surface area contributed by atoms with E-state index in [0.29, 0.717) is 29.3 Å². The maximum absolute atomic E-state index is 5.07. The van der Waals surface area contributed by atoms with Crippen molar-refractivity contribution in [2.24, 2.45) is 11.8 Å². The third-order valence-corrected chi connectivity index (χ3v) is 10.8. The summed E-state index contributed by atoms with van der Waals surface area (Å²) in [5.74, 6) is 2.68. The van der Waals surface area contributed by atoms with E-state index in [1.54, 1.807) is 0 Å². The van der Waals surface area contributed by atoms with E-state index >= 15 is 0 Å². The zero-order valence-corrected chi connectivity index (χ0v) is 29.1. The average Bonchev–Trinajstić information content (AvgIpc) is 3.63. The molecule has 0 N–H and O–H groups in total. The Bertz CT molecular complexity index is 2610. The molecule has 1 unspecified atom stereocenters. The second kappa shape index (κ2) is 13.1. The van der Waals surface area contributed by atoms with E-state index in [9.17, 15) is 0 Å². The first kappa shape index (κ1) is 31.1. The highest BCUT2D eigenvalue weighted by Gasteiger charge is 2.36. The van der Waals surface area contributed by atoms with Gasteiger partial charge in [-0.3, -0.25) is 0 Å². The smallest absolute Gasteiger partial charge is 0.164 e. The topological polar surface area (TPSA) is 38.7 Å². The van der Waals surface area contributed by atoms with Crippen molar-refractivity contribution in [1.29, 1.82) is 0 Å². The molecule has 3 heteroatoms. The van der Waals surface area contributed by atoms with Gasteiger partial charge in [-0.15, -0.1) is 0 Å². The maximum atomic E-state index is 5.07. The Morgan fingerprint density at radius 2 is 0.943 bits per heavy atom. The number of hydrogen-bond acceptors (Lipinski definition) is 3. The standard InChI is InChI=1S/C50H35N3/c1-4-14-33(15-5-1)38-20-12-22-40(30-38)50-52-48(36-18-8-3-9-19-36)51-49(53-50)37-28-26-35(27-29-37)41-25-13-21-39-31-45-43-24-11-10-23-42(43)44(32-46(45)47(39)41)34-16-6-2-7-17-34/h1-30,32,42-43H,31H2/t42?,43-/m0/s1. The molecule has 0 saturated heterocycles. The van der Waals surface area contributed by atoms with Crippen LogP contribution in [0.25, 0.3) is 67.6 Å². The fourth-order valence-electron chi connectivity index (χ4n) is 8.24. The summed E-state index contributed by atoms with van der Waals surface area (Å²) in [5, 5.41) is 0. The first-order chi connectivity index (χ1) is 26.3. The Morgan fingerprint density at radius 3 is 1.64 bits per heavy atom. The van der Waals surface area contributed by atoms with Crippen LogP contribution in [0.15, 0.2) is 194 Å². The summed E-state index contributed by atoms with van der Waals surface area (Å²) < 4.78 is 0. The Morgan fingerprint density at radius 1 is 0.415 bits per heavy atom. The van der Waals surface area contributed by atoms with E-state index in [2.05, 4.69) is 164 Å². The van der Waals surface area contributed by atoms with Crippen LogP contribution in [-0.2, 0) is 6.42 Å². The summed E-state index contributed by atoms with van der Waals surface area (Å²) in [6.07, 6.45) is 12.7. The van der Waals surface area contributed by atoms with Crippen molar-refractivity contribution in [2.45, 2.75) is 6.42 Å². The van der Waals surface area contributed by atoms with E-state index in [1.165, 1.54) is 44.5 Å². The molecule has 6 aromatic carbocycles. The maximum Gasteiger partial charge on any atom is 0.164 e. The number of nitrogens with zero attached hydrogens (tertiary/aromatic N) is 3. The van der Waals surface area contributed by atoms with E-state index in [0.717, 1.165) is 34.2 Å². The number of fused-ring (bicyclic) bond motifs is 4. The molecule has 0 spiro atoms. The van der Waals surface area contributed by atoms with Crippen LogP contribution in [-0.4, -0.2) is 15.0 Å². The molecule has 3 aliphatic carbocycles. The molecule has 0 aliphatic heterocycles. The molecular weight excluding hydrogens is 643 g/mol. The first-order valence-electron chi connectivity index (χ1n) is 18.3. The molecule has 10 rings (SSSR count). The Balaban J connectivity index is 1.05. The molecule has 0 amide bonds. The SMILES string of the molecule is C1=CC2C(c3ccccc3)=CC3=C(Cc4cccc(-c5ccc(-c6nc(-c7ccccc7)nc(-c7cccc(-c8ccccc8)c7)n6)cc5)c43)[C@H]2C=C1. The molecule has 1 heterocycles. The van der Waals surface area contributed by atoms with Crippen LogP contribution in [0.1, 0.15) is 16.7 Å². The van der Waals surface area contributed by atoms with Crippen LogP contribution >= 0.6 is 0 Å². The van der Waals surface area contributed by atoms with Crippen molar-refractivity contribution in [2.75, 3.05) is 0 Å². The molecule has 3 nitrogen and oxygen atoms in total. The lowest BCUT2D eigenvalue weighted by atomic mass is 9.71. The molecule has 1 aromatic heterocycles. The van der Waals surface area contributed by atoms with Crippen LogP contribution in [0.2, 0.25) is 0 Å². The third-order valence-electron chi connectivity index (χ3n) is 10.8. The number of aromatic nitrogens is 3. The molecule has 0 fully saturated rings. The lowest BCUT2D eigenvalue weighted by Crippen LogP contribution is -2.20. The molecule has 53 heavy (non-hydrogen) atoms. The fraction of sp³-hybridized carbons (Fsp3) is 0.0600. The number of hydrogen-bond donors (Lipinski definition) is 0. The summed E-state index contributed by atoms with van der Waals surface area (Å²) in [6, 6.07) is 55.5. The molecule has 0 radical (unpaired) electrons. The van der Waals surface area contributed by atoms with Gasteiger partial charge in [0.05, 0.1) is 0 Å². The van der Waals surface area contributed by atoms with E-state index in [4.69, 9.17) is 15.0 Å². The van der Waals surface area contributed by atoms with E-state index < -0.39 is 0 Å². The molecule has 2 atom stereocenters. The largest absolute Gasteiger partial charge is 0.208 e. The zero-order chi connectivity index (χ0) is 35.1. The van der Waals surface area contributed by atoms with Crippen molar-refractivity contribution in [3.05, 3.63) is 210 Å². The summed E-state index contributed by atoms with van der Waals surface area (Å²) in [6.45, 7) is 0. The number of benzene rings is 6. The predicted octanol–water partition coefficient (Wildman–Crippen LogP) is 12.0. The van der Waals surface area contributed by atoms with Crippen LogP contribution in [0.4, 0.5) is 0 Å². The van der Waals surface area contributed by atoms with Crippen LogP contribution in [0.5, 0.6) is 0 Å². The molecule has 0 saturated carbocycles. The van der Waals surface area contributed by atoms with Crippen molar-refractivity contribution < 1.29 is 0 Å². The highest BCUT2D eigenvalue weighted by atomic mass is 15.0. The monoisotopic (exact) mass is 677 g/mol. The van der Waals surface area contributed by atoms with Gasteiger partial charge in [-0.05, 0) is 68.7 Å². The summed E-state index contributed by atoms with van der Waals surface area (Å²) in [4.78, 5) is 15.1. The molecular formula is C50H35N3. The van der Waals surface area contributed by atoms with Crippen LogP contribution < -0.4 is 0 Å². The molecule has 0 bridgehead atoms. The van der Waals surface area contributed by atoms with Gasteiger partial charge in [0.25, 0.3) is 0 Å². The fourth-order valence-corrected chi connectivity index (χ4v) is 8.24. The van der Waals surface area contributed by atoms with E-state index in [1.807, 2.05) is 24.3 Å². The highest BCUT2D eigenvalue weighted by molar-refractivity contribution is 5.98. The average molecular weight is 678 g/mol. The minimum atomic E-state index is 0.352. The van der Waals surface area contributed by atoms with Crippen molar-refractivity contribution in [3.8, 4) is 56.4 Å². The quantitative estimate of drug-likeness (QED) is 0.176. The van der Waals surface area contributed by atoms with Gasteiger partial charge >= 0.3 is 0 Å². The van der Waals surface area contributed by atoms with Gasteiger partial charge < -0.3 is 0 Å². The van der Waals surface area contributed by atoms with Crippen molar-refractivity contribution in [3.63, 3.8) is 0 Å². The Hall–Kier alpha value is -6.71. The lowest BCUT2D eigenvalue weighted by molar-refractivity contribution is 0.633. The normalized spacial score (nSPS) is 16.9. The minimum Gasteiger partial charge on any atom is -0.208 e. The second-order valence-electron chi connectivity index (χ2n) is 13.9. The molecule has 3 aliphatic rings. The summed E-state index contributed by atoms with van der Waals surface area (Å²) in [7, 11) is 0. The van der Waals surface area contributed by atoms with Crippen LogP contribution in [0, 0.1) is 11.8 Å². The Kier molecular flexibility index (Phi) is 7.69. The second-order valence-corrected chi connectivity index (χ2v) is 13.9. The van der Waals surface area contributed by atoms with Gasteiger partial charge in [-0.1, -0.05) is 182 Å². The van der Waals surface area contributed by atoms with Gasteiger partial charge in [0.1, 0.15) is 0 Å². The first-order valence-corrected chi connectivity index (χ1v) is 18.3. The number of allylic oxidation sites excluding steroid dienone is 8. The van der Waals surface area contributed by atoms with Gasteiger partial charge in [0.15, 0.2) is 17.5 Å². The molecule has 250 valence electrons. The summed E-state index contributed by atoms with van der Waals surface area (Å²) >= 11 is 0. The van der Waals surface area contributed by atoms with Gasteiger partial charge in [0, 0.05) is 28.5 Å². The van der Waals surface area contributed by atoms with Gasteiger partial charge in [0.2, 0.25) is 0 Å². The third kappa shape index (κ3) is 5.68. The van der Waals surface area contributed by atoms with Crippen molar-refractivity contribution in [1.82, 2.24) is 15.0 Å². The summed E-state index contributed by atoms with van der Waals surface area (Å²) in [5.41, 5.74) is 15.9. The predicted molar refractivity (Wildman–Crippen MR) is 217 cm³/mol.